The van der Waals surface area contributed by atoms with Crippen LogP contribution in [0, 0.1) is 0 Å². The van der Waals surface area contributed by atoms with E-state index < -0.39 is 27.6 Å². The Labute approximate surface area is 162 Å². The highest BCUT2D eigenvalue weighted by molar-refractivity contribution is 7.89. The first-order chi connectivity index (χ1) is 13.2. The van der Waals surface area contributed by atoms with Crippen molar-refractivity contribution in [2.45, 2.75) is 17.9 Å². The smallest absolute Gasteiger partial charge is 0.349 e. The molecule has 0 aliphatic rings. The highest BCUT2D eigenvalue weighted by atomic mass is 32.2. The number of sulfonamides is 1. The van der Waals surface area contributed by atoms with Gasteiger partial charge in [0.2, 0.25) is 10.0 Å². The predicted molar refractivity (Wildman–Crippen MR) is 106 cm³/mol. The van der Waals surface area contributed by atoms with E-state index >= 15 is 0 Å². The van der Waals surface area contributed by atoms with Gasteiger partial charge >= 0.3 is 5.63 Å². The first-order valence-corrected chi connectivity index (χ1v) is 10.0. The highest BCUT2D eigenvalue weighted by Gasteiger charge is 2.19. The Morgan fingerprint density at radius 2 is 1.71 bits per heavy atom. The van der Waals surface area contributed by atoms with Crippen molar-refractivity contribution in [3.8, 4) is 0 Å². The number of carbonyl (C=O) groups is 1. The lowest BCUT2D eigenvalue weighted by Crippen LogP contribution is -2.30. The minimum Gasteiger partial charge on any atom is -0.422 e. The molecule has 146 valence electrons. The number of rotatable bonds is 5. The van der Waals surface area contributed by atoms with Gasteiger partial charge in [-0.15, -0.1) is 0 Å². The Bertz CT molecular complexity index is 1180. The Kier molecular flexibility index (Phi) is 5.35. The molecule has 3 aromatic rings. The van der Waals surface area contributed by atoms with E-state index in [0.717, 1.165) is 4.31 Å². The zero-order valence-corrected chi connectivity index (χ0v) is 16.5. The summed E-state index contributed by atoms with van der Waals surface area (Å²) in [5.74, 6) is -0.558. The van der Waals surface area contributed by atoms with Crippen LogP contribution >= 0.6 is 0 Å². The summed E-state index contributed by atoms with van der Waals surface area (Å²) in [6, 6.07) is 14.2. The second-order valence-electron chi connectivity index (χ2n) is 6.54. The number of nitrogens with one attached hydrogen (secondary N) is 1. The molecule has 0 aliphatic carbocycles. The number of para-hydroxylation sites is 1. The van der Waals surface area contributed by atoms with Crippen molar-refractivity contribution in [1.29, 1.82) is 0 Å². The average molecular weight is 400 g/mol. The summed E-state index contributed by atoms with van der Waals surface area (Å²) >= 11 is 0. The zero-order chi connectivity index (χ0) is 20.5. The van der Waals surface area contributed by atoms with E-state index in [1.54, 1.807) is 43.3 Å². The number of benzene rings is 2. The molecule has 0 fully saturated rings. The van der Waals surface area contributed by atoms with Crippen molar-refractivity contribution in [3.05, 3.63) is 76.1 Å². The molecule has 0 spiro atoms. The van der Waals surface area contributed by atoms with Crippen LogP contribution in [0.25, 0.3) is 11.0 Å². The molecule has 1 aromatic heterocycles. The lowest BCUT2D eigenvalue weighted by molar-refractivity contribution is 0.0936. The van der Waals surface area contributed by atoms with Gasteiger partial charge in [0, 0.05) is 19.5 Å². The zero-order valence-electron chi connectivity index (χ0n) is 15.7. The van der Waals surface area contributed by atoms with Gasteiger partial charge in [-0.05, 0) is 36.8 Å². The van der Waals surface area contributed by atoms with E-state index in [9.17, 15) is 18.0 Å². The van der Waals surface area contributed by atoms with Crippen LogP contribution in [0.5, 0.6) is 0 Å². The largest absolute Gasteiger partial charge is 0.422 e. The van der Waals surface area contributed by atoms with E-state index in [2.05, 4.69) is 5.32 Å². The van der Waals surface area contributed by atoms with Crippen LogP contribution in [0.2, 0.25) is 0 Å². The molecule has 28 heavy (non-hydrogen) atoms. The van der Waals surface area contributed by atoms with E-state index in [0.29, 0.717) is 16.5 Å². The van der Waals surface area contributed by atoms with Crippen LogP contribution in [-0.2, 0) is 10.0 Å². The fraction of sp³-hybridized carbons (Fsp3) is 0.200. The molecular formula is C20H20N2O5S. The Morgan fingerprint density at radius 3 is 2.36 bits per heavy atom. The quantitative estimate of drug-likeness (QED) is 0.664. The van der Waals surface area contributed by atoms with Crippen molar-refractivity contribution >= 4 is 26.9 Å². The van der Waals surface area contributed by atoms with Gasteiger partial charge < -0.3 is 9.73 Å². The van der Waals surface area contributed by atoms with Gasteiger partial charge in [-0.25, -0.2) is 17.5 Å². The highest BCUT2D eigenvalue weighted by Crippen LogP contribution is 2.19. The molecule has 0 radical (unpaired) electrons. The molecule has 2 aromatic carbocycles. The lowest BCUT2D eigenvalue weighted by atomic mass is 10.1. The second-order valence-corrected chi connectivity index (χ2v) is 8.69. The molecule has 1 atom stereocenters. The van der Waals surface area contributed by atoms with Gasteiger partial charge in [-0.1, -0.05) is 30.3 Å². The van der Waals surface area contributed by atoms with Crippen molar-refractivity contribution in [2.75, 3.05) is 14.1 Å². The number of carbonyl (C=O) groups excluding carboxylic acids is 1. The van der Waals surface area contributed by atoms with Gasteiger partial charge in [0.25, 0.3) is 5.91 Å². The fourth-order valence-corrected chi connectivity index (χ4v) is 3.62. The molecule has 0 aliphatic heterocycles. The SMILES string of the molecule is CC(NC(=O)c1cc2ccccc2oc1=O)c1ccc(S(=O)(=O)N(C)C)cc1. The number of amides is 1. The normalized spacial score (nSPS) is 12.9. The standard InChI is InChI=1S/C20H20N2O5S/c1-13(14-8-10-16(11-9-14)28(25,26)22(2)3)21-19(23)17-12-15-6-4-5-7-18(15)27-20(17)24/h4-13H,1-3H3,(H,21,23). The van der Waals surface area contributed by atoms with Gasteiger partial charge in [0.1, 0.15) is 11.1 Å². The molecule has 7 nitrogen and oxygen atoms in total. The topological polar surface area (TPSA) is 96.7 Å². The summed E-state index contributed by atoms with van der Waals surface area (Å²) in [5, 5.41) is 3.39. The summed E-state index contributed by atoms with van der Waals surface area (Å²) in [4.78, 5) is 24.8. The number of hydrogen-bond donors (Lipinski definition) is 1. The summed E-state index contributed by atoms with van der Waals surface area (Å²) in [5.41, 5.74) is 0.319. The predicted octanol–water partition coefficient (Wildman–Crippen LogP) is 2.53. The van der Waals surface area contributed by atoms with Gasteiger partial charge in [-0.3, -0.25) is 4.79 Å². The third-order valence-corrected chi connectivity index (χ3v) is 6.22. The maximum atomic E-state index is 12.5. The number of fused-ring (bicyclic) bond motifs is 1. The van der Waals surface area contributed by atoms with Crippen LogP contribution in [0.4, 0.5) is 0 Å². The molecule has 8 heteroatoms. The van der Waals surface area contributed by atoms with Gasteiger partial charge in [0.15, 0.2) is 0 Å². The molecule has 1 unspecified atom stereocenters. The van der Waals surface area contributed by atoms with Crippen LogP contribution < -0.4 is 10.9 Å². The van der Waals surface area contributed by atoms with Crippen LogP contribution in [0.3, 0.4) is 0 Å². The monoisotopic (exact) mass is 400 g/mol. The van der Waals surface area contributed by atoms with E-state index in [1.807, 2.05) is 0 Å². The molecular weight excluding hydrogens is 380 g/mol. The third-order valence-electron chi connectivity index (χ3n) is 4.39. The molecule has 3 rings (SSSR count). The maximum Gasteiger partial charge on any atom is 0.349 e. The number of nitrogens with zero attached hydrogens (tertiary/aromatic N) is 1. The lowest BCUT2D eigenvalue weighted by Gasteiger charge is -2.16. The number of hydrogen-bond acceptors (Lipinski definition) is 5. The van der Waals surface area contributed by atoms with Crippen molar-refractivity contribution in [2.24, 2.45) is 0 Å². The van der Waals surface area contributed by atoms with Crippen LogP contribution in [-0.4, -0.2) is 32.7 Å². The second kappa shape index (κ2) is 7.57. The molecule has 0 saturated carbocycles. The third kappa shape index (κ3) is 3.83. The molecule has 0 saturated heterocycles. The Morgan fingerprint density at radius 1 is 1.07 bits per heavy atom. The molecule has 1 heterocycles. The summed E-state index contributed by atoms with van der Waals surface area (Å²) in [6.45, 7) is 1.75. The average Bonchev–Trinajstić information content (AvgIpc) is 2.67. The Hall–Kier alpha value is -2.97. The van der Waals surface area contributed by atoms with Crippen molar-refractivity contribution < 1.29 is 17.6 Å². The summed E-state index contributed by atoms with van der Waals surface area (Å²) in [7, 11) is -0.600. The van der Waals surface area contributed by atoms with E-state index in [-0.39, 0.29) is 10.5 Å². The van der Waals surface area contributed by atoms with Crippen LogP contribution in [0.15, 0.2) is 68.7 Å². The summed E-state index contributed by atoms with van der Waals surface area (Å²) < 4.78 is 30.6. The minimum atomic E-state index is -3.52. The van der Waals surface area contributed by atoms with E-state index in [1.165, 1.54) is 32.3 Å². The first kappa shape index (κ1) is 19.8. The molecule has 1 amide bonds. The fourth-order valence-electron chi connectivity index (χ4n) is 2.72. The minimum absolute atomic E-state index is 0.0858. The van der Waals surface area contributed by atoms with Gasteiger partial charge in [0.05, 0.1) is 10.9 Å². The van der Waals surface area contributed by atoms with Crippen molar-refractivity contribution in [1.82, 2.24) is 9.62 Å². The van der Waals surface area contributed by atoms with Gasteiger partial charge in [-0.2, -0.15) is 0 Å². The molecule has 0 bridgehead atoms. The first-order valence-electron chi connectivity index (χ1n) is 8.56. The Balaban J connectivity index is 1.81. The van der Waals surface area contributed by atoms with E-state index in [4.69, 9.17) is 4.42 Å². The van der Waals surface area contributed by atoms with Crippen molar-refractivity contribution in [3.63, 3.8) is 0 Å². The van der Waals surface area contributed by atoms with Crippen LogP contribution in [0.1, 0.15) is 28.9 Å². The molecule has 1 N–H and O–H groups in total. The maximum absolute atomic E-state index is 12.5. The summed E-state index contributed by atoms with van der Waals surface area (Å²) in [6.07, 6.45) is 0.